The van der Waals surface area contributed by atoms with E-state index in [-0.39, 0.29) is 5.69 Å². The topological polar surface area (TPSA) is 85.4 Å². The van der Waals surface area contributed by atoms with Gasteiger partial charge in [0.2, 0.25) is 0 Å². The van der Waals surface area contributed by atoms with Gasteiger partial charge >= 0.3 is 6.03 Å². The fourth-order valence-corrected chi connectivity index (χ4v) is 4.47. The summed E-state index contributed by atoms with van der Waals surface area (Å²) in [6.07, 6.45) is 0.811. The number of amides is 2. The van der Waals surface area contributed by atoms with Crippen molar-refractivity contribution in [2.75, 3.05) is 18.5 Å². The van der Waals surface area contributed by atoms with Gasteiger partial charge in [0.25, 0.3) is 0 Å². The molecule has 0 saturated carbocycles. The van der Waals surface area contributed by atoms with E-state index in [0.29, 0.717) is 24.1 Å². The standard InChI is InChI=1S/C27H34FN5O2/c1-16(2)15-35-24-8-6-7-18(5)25(24)33-26(19-9-10-23(21(28)13-19)30-27(29)34)20-14-32(17(3)4)12-11-22(20)31-33/h6-10,13,16-17H,11-12,14-15H2,1-5H3,(H3,29,30,34). The highest BCUT2D eigenvalue weighted by Gasteiger charge is 2.29. The molecule has 186 valence electrons. The predicted octanol–water partition coefficient (Wildman–Crippen LogP) is 5.28. The maximum absolute atomic E-state index is 15.0. The summed E-state index contributed by atoms with van der Waals surface area (Å²) >= 11 is 0. The molecule has 1 aliphatic rings. The Labute approximate surface area is 206 Å². The molecule has 4 rings (SSSR count). The number of carbonyl (C=O) groups excluding carboxylic acids is 1. The first-order chi connectivity index (χ1) is 16.7. The molecule has 3 aromatic rings. The zero-order valence-corrected chi connectivity index (χ0v) is 21.1. The highest BCUT2D eigenvalue weighted by molar-refractivity contribution is 5.88. The number of rotatable bonds is 7. The number of nitrogens with one attached hydrogen (secondary N) is 1. The Morgan fingerprint density at radius 1 is 1.23 bits per heavy atom. The number of benzene rings is 2. The van der Waals surface area contributed by atoms with E-state index in [2.05, 4.69) is 37.9 Å². The molecule has 35 heavy (non-hydrogen) atoms. The van der Waals surface area contributed by atoms with Gasteiger partial charge in [-0.1, -0.05) is 32.0 Å². The van der Waals surface area contributed by atoms with Crippen molar-refractivity contribution in [2.45, 2.75) is 53.6 Å². The summed E-state index contributed by atoms with van der Waals surface area (Å²) in [4.78, 5) is 13.7. The van der Waals surface area contributed by atoms with Crippen LogP contribution >= 0.6 is 0 Å². The lowest BCUT2D eigenvalue weighted by Crippen LogP contribution is -2.35. The summed E-state index contributed by atoms with van der Waals surface area (Å²) in [6, 6.07) is 10.3. The van der Waals surface area contributed by atoms with Crippen molar-refractivity contribution in [3.8, 4) is 22.7 Å². The molecule has 1 aliphatic heterocycles. The number of anilines is 1. The molecule has 0 radical (unpaired) electrons. The summed E-state index contributed by atoms with van der Waals surface area (Å²) in [5, 5.41) is 7.37. The minimum absolute atomic E-state index is 0.0434. The van der Waals surface area contributed by atoms with E-state index in [0.717, 1.165) is 53.5 Å². The number of fused-ring (bicyclic) bond motifs is 1. The molecule has 3 N–H and O–H groups in total. The highest BCUT2D eigenvalue weighted by Crippen LogP contribution is 2.38. The summed E-state index contributed by atoms with van der Waals surface area (Å²) in [7, 11) is 0. The molecule has 0 spiro atoms. The van der Waals surface area contributed by atoms with E-state index in [1.54, 1.807) is 6.07 Å². The number of nitrogens with two attached hydrogens (primary N) is 1. The Morgan fingerprint density at radius 2 is 2.00 bits per heavy atom. The van der Waals surface area contributed by atoms with E-state index < -0.39 is 11.8 Å². The second-order valence-corrected chi connectivity index (χ2v) is 9.81. The zero-order chi connectivity index (χ0) is 25.3. The van der Waals surface area contributed by atoms with Crippen molar-refractivity contribution in [1.82, 2.24) is 14.7 Å². The molecule has 0 bridgehead atoms. The molecule has 0 fully saturated rings. The maximum atomic E-state index is 15.0. The van der Waals surface area contributed by atoms with Gasteiger partial charge in [0.1, 0.15) is 17.3 Å². The highest BCUT2D eigenvalue weighted by atomic mass is 19.1. The number of aryl methyl sites for hydroxylation is 1. The molecule has 2 amide bonds. The number of para-hydroxylation sites is 1. The van der Waals surface area contributed by atoms with Gasteiger partial charge in [0.05, 0.1) is 23.7 Å². The molecule has 7 nitrogen and oxygen atoms in total. The van der Waals surface area contributed by atoms with Gasteiger partial charge < -0.3 is 15.8 Å². The lowest BCUT2D eigenvalue weighted by molar-refractivity contribution is 0.203. The third kappa shape index (κ3) is 5.17. The Balaban J connectivity index is 1.91. The van der Waals surface area contributed by atoms with Gasteiger partial charge in [-0.3, -0.25) is 4.90 Å². The smallest absolute Gasteiger partial charge is 0.316 e. The van der Waals surface area contributed by atoms with Crippen LogP contribution in [-0.2, 0) is 13.0 Å². The van der Waals surface area contributed by atoms with Gasteiger partial charge in [-0.05, 0) is 50.5 Å². The van der Waals surface area contributed by atoms with Gasteiger partial charge in [-0.25, -0.2) is 13.9 Å². The summed E-state index contributed by atoms with van der Waals surface area (Å²) in [6.45, 7) is 12.8. The number of hydrogen-bond acceptors (Lipinski definition) is 4. The van der Waals surface area contributed by atoms with Crippen LogP contribution in [0.2, 0.25) is 0 Å². The van der Waals surface area contributed by atoms with Crippen molar-refractivity contribution in [1.29, 1.82) is 0 Å². The average Bonchev–Trinajstić information content (AvgIpc) is 3.16. The third-order valence-electron chi connectivity index (χ3n) is 6.28. The minimum Gasteiger partial charge on any atom is -0.491 e. The lowest BCUT2D eigenvalue weighted by atomic mass is 9.99. The number of ether oxygens (including phenoxy) is 1. The molecule has 1 aromatic heterocycles. The van der Waals surface area contributed by atoms with Crippen molar-refractivity contribution >= 4 is 11.7 Å². The van der Waals surface area contributed by atoms with Crippen LogP contribution < -0.4 is 15.8 Å². The maximum Gasteiger partial charge on any atom is 0.316 e. The van der Waals surface area contributed by atoms with Crippen LogP contribution in [0.15, 0.2) is 36.4 Å². The molecule has 2 aromatic carbocycles. The Morgan fingerprint density at radius 3 is 2.66 bits per heavy atom. The third-order valence-corrected chi connectivity index (χ3v) is 6.28. The van der Waals surface area contributed by atoms with Gasteiger partial charge in [-0.2, -0.15) is 5.10 Å². The Hall–Kier alpha value is -3.39. The zero-order valence-electron chi connectivity index (χ0n) is 21.1. The lowest BCUT2D eigenvalue weighted by Gasteiger charge is -2.30. The van der Waals surface area contributed by atoms with Crippen LogP contribution in [0.3, 0.4) is 0 Å². The number of urea groups is 1. The molecule has 0 aliphatic carbocycles. The van der Waals surface area contributed by atoms with Gasteiger partial charge in [0, 0.05) is 36.7 Å². The fraction of sp³-hybridized carbons (Fsp3) is 0.407. The second kappa shape index (κ2) is 10.1. The van der Waals surface area contributed by atoms with Gasteiger partial charge in [-0.15, -0.1) is 0 Å². The molecular formula is C27H34FN5O2. The first kappa shape index (κ1) is 24.7. The molecular weight excluding hydrogens is 445 g/mol. The van der Waals surface area contributed by atoms with Crippen LogP contribution in [0, 0.1) is 18.7 Å². The number of halogens is 1. The van der Waals surface area contributed by atoms with Crippen molar-refractivity contribution < 1.29 is 13.9 Å². The van der Waals surface area contributed by atoms with Crippen molar-refractivity contribution in [3.63, 3.8) is 0 Å². The van der Waals surface area contributed by atoms with E-state index in [1.165, 1.54) is 12.1 Å². The van der Waals surface area contributed by atoms with Crippen LogP contribution in [0.5, 0.6) is 5.75 Å². The predicted molar refractivity (Wildman–Crippen MR) is 136 cm³/mol. The van der Waals surface area contributed by atoms with Crippen molar-refractivity contribution in [2.24, 2.45) is 11.7 Å². The van der Waals surface area contributed by atoms with Crippen LogP contribution in [0.25, 0.3) is 16.9 Å². The number of carbonyl (C=O) groups is 1. The first-order valence-electron chi connectivity index (χ1n) is 12.1. The van der Waals surface area contributed by atoms with Crippen LogP contribution in [0.1, 0.15) is 44.5 Å². The second-order valence-electron chi connectivity index (χ2n) is 9.81. The van der Waals surface area contributed by atoms with E-state index in [9.17, 15) is 4.79 Å². The summed E-state index contributed by atoms with van der Waals surface area (Å²) < 4.78 is 23.1. The Bertz CT molecular complexity index is 1230. The quantitative estimate of drug-likeness (QED) is 0.483. The van der Waals surface area contributed by atoms with E-state index in [1.807, 2.05) is 29.8 Å². The fourth-order valence-electron chi connectivity index (χ4n) is 4.47. The normalized spacial score (nSPS) is 13.8. The average molecular weight is 480 g/mol. The first-order valence-corrected chi connectivity index (χ1v) is 12.1. The van der Waals surface area contributed by atoms with Crippen LogP contribution in [0.4, 0.5) is 14.9 Å². The largest absolute Gasteiger partial charge is 0.491 e. The summed E-state index contributed by atoms with van der Waals surface area (Å²) in [5.74, 6) is 0.557. The molecule has 2 heterocycles. The van der Waals surface area contributed by atoms with Crippen molar-refractivity contribution in [3.05, 3.63) is 59.0 Å². The van der Waals surface area contributed by atoms with Gasteiger partial charge in [0.15, 0.2) is 0 Å². The number of aromatic nitrogens is 2. The monoisotopic (exact) mass is 479 g/mol. The molecule has 8 heteroatoms. The number of hydrogen-bond donors (Lipinski definition) is 2. The number of primary amides is 1. The van der Waals surface area contributed by atoms with E-state index in [4.69, 9.17) is 15.6 Å². The number of nitrogens with zero attached hydrogens (tertiary/aromatic N) is 3. The van der Waals surface area contributed by atoms with E-state index >= 15 is 4.39 Å². The minimum atomic E-state index is -0.807. The molecule has 0 unspecified atom stereocenters. The summed E-state index contributed by atoms with van der Waals surface area (Å²) in [5.41, 5.74) is 10.7. The SMILES string of the molecule is Cc1cccc(OCC(C)C)c1-n1nc2c(c1-c1ccc(NC(N)=O)c(F)c1)CN(C(C)C)CC2. The van der Waals surface area contributed by atoms with Crippen LogP contribution in [-0.4, -0.2) is 39.9 Å². The molecule has 0 atom stereocenters. The Kier molecular flexibility index (Phi) is 7.12. The molecule has 0 saturated heterocycles.